The fourth-order valence-electron chi connectivity index (χ4n) is 3.44. The van der Waals surface area contributed by atoms with Crippen LogP contribution in [0.5, 0.6) is 0 Å². The van der Waals surface area contributed by atoms with Gasteiger partial charge in [-0.3, -0.25) is 9.59 Å². The summed E-state index contributed by atoms with van der Waals surface area (Å²) in [5, 5.41) is 17.2. The lowest BCUT2D eigenvalue weighted by molar-refractivity contribution is 0.536. The summed E-state index contributed by atoms with van der Waals surface area (Å²) in [6.45, 7) is 2.03. The van der Waals surface area contributed by atoms with Gasteiger partial charge >= 0.3 is 0 Å². The molecular weight excluding hydrogens is 382 g/mol. The highest BCUT2D eigenvalue weighted by Gasteiger charge is 2.21. The van der Waals surface area contributed by atoms with Gasteiger partial charge in [0.15, 0.2) is 0 Å². The first-order chi connectivity index (χ1) is 14.5. The lowest BCUT2D eigenvalue weighted by atomic mass is 10.0. The second kappa shape index (κ2) is 7.86. The molecule has 0 aliphatic heterocycles. The fraction of sp³-hybridized carbons (Fsp3) is 0.238. The van der Waals surface area contributed by atoms with E-state index < -0.39 is 0 Å². The number of aromatic nitrogens is 5. The van der Waals surface area contributed by atoms with Crippen LogP contribution in [0.1, 0.15) is 24.9 Å². The maximum atomic E-state index is 13.1. The van der Waals surface area contributed by atoms with Crippen molar-refractivity contribution in [3.05, 3.63) is 74.8 Å². The van der Waals surface area contributed by atoms with E-state index in [1.165, 1.54) is 9.36 Å². The Labute approximate surface area is 172 Å². The van der Waals surface area contributed by atoms with Gasteiger partial charge in [0.25, 0.3) is 11.1 Å². The van der Waals surface area contributed by atoms with Crippen LogP contribution in [0, 0.1) is 0 Å². The van der Waals surface area contributed by atoms with Gasteiger partial charge < -0.3 is 10.6 Å². The number of rotatable bonds is 6. The zero-order valence-corrected chi connectivity index (χ0v) is 17.0. The predicted molar refractivity (Wildman–Crippen MR) is 117 cm³/mol. The van der Waals surface area contributed by atoms with Crippen LogP contribution in [0.3, 0.4) is 0 Å². The number of H-pyrrole nitrogens is 1. The van der Waals surface area contributed by atoms with E-state index in [0.717, 1.165) is 12.0 Å². The highest BCUT2D eigenvalue weighted by Crippen LogP contribution is 2.27. The molecule has 0 bridgehead atoms. The minimum Gasteiger partial charge on any atom is -0.372 e. The molecule has 9 nitrogen and oxygen atoms in total. The Bertz CT molecular complexity index is 1300. The van der Waals surface area contributed by atoms with Crippen LogP contribution in [0.15, 0.2) is 58.1 Å². The topological polar surface area (TPSA) is 110 Å². The van der Waals surface area contributed by atoms with Crippen molar-refractivity contribution in [2.24, 2.45) is 14.1 Å². The lowest BCUT2D eigenvalue weighted by Gasteiger charge is -2.22. The van der Waals surface area contributed by atoms with E-state index in [0.29, 0.717) is 16.7 Å². The molecule has 0 aliphatic carbocycles. The second-order valence-electron chi connectivity index (χ2n) is 7.05. The van der Waals surface area contributed by atoms with E-state index >= 15 is 0 Å². The predicted octanol–water partition coefficient (Wildman–Crippen LogP) is 2.66. The van der Waals surface area contributed by atoms with E-state index in [1.807, 2.05) is 49.4 Å². The van der Waals surface area contributed by atoms with Crippen LogP contribution in [-0.4, -0.2) is 24.8 Å². The molecule has 2 aromatic carbocycles. The third-order valence-electron chi connectivity index (χ3n) is 5.25. The van der Waals surface area contributed by atoms with Crippen molar-refractivity contribution in [3.8, 4) is 0 Å². The van der Waals surface area contributed by atoms with Crippen molar-refractivity contribution in [2.45, 2.75) is 19.4 Å². The monoisotopic (exact) mass is 405 g/mol. The Balaban J connectivity index is 1.85. The first-order valence-electron chi connectivity index (χ1n) is 9.69. The van der Waals surface area contributed by atoms with Crippen molar-refractivity contribution in [1.82, 2.24) is 24.8 Å². The Morgan fingerprint density at radius 2 is 1.63 bits per heavy atom. The number of nitrogens with one attached hydrogen (secondary N) is 3. The van der Waals surface area contributed by atoms with E-state index in [1.54, 1.807) is 20.2 Å². The highest BCUT2D eigenvalue weighted by molar-refractivity contribution is 5.90. The van der Waals surface area contributed by atoms with Gasteiger partial charge in [-0.15, -0.1) is 0 Å². The lowest BCUT2D eigenvalue weighted by Crippen LogP contribution is -2.38. The van der Waals surface area contributed by atoms with Gasteiger partial charge in [-0.25, -0.2) is 9.36 Å². The SMILES string of the molecule is CCC(Nc1c(Nc2cccc3n[nH]nc23)c(=O)n(C)n(C)c1=O)c1ccccc1. The van der Waals surface area contributed by atoms with Gasteiger partial charge in [0.1, 0.15) is 22.4 Å². The summed E-state index contributed by atoms with van der Waals surface area (Å²) >= 11 is 0. The second-order valence-corrected chi connectivity index (χ2v) is 7.05. The number of fused-ring (bicyclic) bond motifs is 1. The molecule has 1 unspecified atom stereocenters. The summed E-state index contributed by atoms with van der Waals surface area (Å²) in [6, 6.07) is 15.1. The molecule has 0 spiro atoms. The van der Waals surface area contributed by atoms with Crippen LogP contribution < -0.4 is 21.8 Å². The molecule has 0 saturated heterocycles. The Kier molecular flexibility index (Phi) is 5.09. The van der Waals surface area contributed by atoms with Crippen molar-refractivity contribution in [1.29, 1.82) is 0 Å². The number of benzene rings is 2. The molecule has 1 atom stereocenters. The quantitative estimate of drug-likeness (QED) is 0.455. The van der Waals surface area contributed by atoms with Crippen molar-refractivity contribution < 1.29 is 0 Å². The Hall–Kier alpha value is -3.88. The maximum Gasteiger partial charge on any atom is 0.290 e. The molecule has 9 heteroatoms. The van der Waals surface area contributed by atoms with Gasteiger partial charge in [-0.1, -0.05) is 43.3 Å². The van der Waals surface area contributed by atoms with Gasteiger partial charge in [0.2, 0.25) is 0 Å². The average Bonchev–Trinajstić information content (AvgIpc) is 3.26. The van der Waals surface area contributed by atoms with Gasteiger partial charge in [0.05, 0.1) is 11.7 Å². The number of nitrogens with zero attached hydrogens (tertiary/aromatic N) is 4. The van der Waals surface area contributed by atoms with Crippen molar-refractivity contribution >= 4 is 28.1 Å². The first kappa shape index (κ1) is 19.4. The summed E-state index contributed by atoms with van der Waals surface area (Å²) in [5.74, 6) is 0. The summed E-state index contributed by atoms with van der Waals surface area (Å²) in [5.41, 5.74) is 2.62. The molecule has 0 aliphatic rings. The number of hydrogen-bond acceptors (Lipinski definition) is 6. The van der Waals surface area contributed by atoms with Crippen LogP contribution in [0.2, 0.25) is 0 Å². The molecule has 0 radical (unpaired) electrons. The summed E-state index contributed by atoms with van der Waals surface area (Å²) < 4.78 is 2.58. The minimum atomic E-state index is -0.331. The molecule has 2 aromatic heterocycles. The third-order valence-corrected chi connectivity index (χ3v) is 5.25. The normalized spacial score (nSPS) is 12.1. The molecule has 4 rings (SSSR count). The highest BCUT2D eigenvalue weighted by atomic mass is 16.2. The van der Waals surface area contributed by atoms with E-state index in [-0.39, 0.29) is 28.5 Å². The largest absolute Gasteiger partial charge is 0.372 e. The van der Waals surface area contributed by atoms with E-state index in [2.05, 4.69) is 26.0 Å². The average molecular weight is 405 g/mol. The van der Waals surface area contributed by atoms with Gasteiger partial charge in [-0.2, -0.15) is 15.4 Å². The van der Waals surface area contributed by atoms with Crippen LogP contribution in [0.4, 0.5) is 17.1 Å². The van der Waals surface area contributed by atoms with Crippen molar-refractivity contribution in [3.63, 3.8) is 0 Å². The summed E-state index contributed by atoms with van der Waals surface area (Å²) in [6.07, 6.45) is 0.737. The zero-order valence-electron chi connectivity index (χ0n) is 17.0. The number of anilines is 3. The van der Waals surface area contributed by atoms with E-state index in [9.17, 15) is 9.59 Å². The Morgan fingerprint density at radius 1 is 0.933 bits per heavy atom. The molecule has 4 aromatic rings. The molecule has 3 N–H and O–H groups in total. The molecule has 0 amide bonds. The minimum absolute atomic E-state index is 0.130. The van der Waals surface area contributed by atoms with Gasteiger partial charge in [0, 0.05) is 14.1 Å². The number of aromatic amines is 1. The van der Waals surface area contributed by atoms with Crippen LogP contribution >= 0.6 is 0 Å². The molecule has 0 fully saturated rings. The maximum absolute atomic E-state index is 13.1. The molecule has 30 heavy (non-hydrogen) atoms. The standard InChI is InChI=1S/C21H23N7O2/c1-4-14(13-9-6-5-7-10-13)22-18-19(21(30)28(3)27(2)20(18)29)23-15-11-8-12-16-17(15)25-26-24-16/h5-12,14,22-23H,4H2,1-3H3,(H,24,25,26). The third kappa shape index (κ3) is 3.34. The smallest absolute Gasteiger partial charge is 0.290 e. The van der Waals surface area contributed by atoms with Crippen LogP contribution in [-0.2, 0) is 14.1 Å². The van der Waals surface area contributed by atoms with Gasteiger partial charge in [-0.05, 0) is 24.1 Å². The summed E-state index contributed by atoms with van der Waals surface area (Å²) in [7, 11) is 3.13. The fourth-order valence-corrected chi connectivity index (χ4v) is 3.44. The van der Waals surface area contributed by atoms with E-state index in [4.69, 9.17) is 0 Å². The molecule has 2 heterocycles. The molecule has 0 saturated carbocycles. The number of hydrogen-bond donors (Lipinski definition) is 3. The van der Waals surface area contributed by atoms with Crippen molar-refractivity contribution in [2.75, 3.05) is 10.6 Å². The molecule has 154 valence electrons. The molecular formula is C21H23N7O2. The summed E-state index contributed by atoms with van der Waals surface area (Å²) in [4.78, 5) is 26.2. The zero-order chi connectivity index (χ0) is 21.3. The number of para-hydroxylation sites is 1. The first-order valence-corrected chi connectivity index (χ1v) is 9.69. The Morgan fingerprint density at radius 3 is 2.33 bits per heavy atom. The van der Waals surface area contributed by atoms with Crippen LogP contribution in [0.25, 0.3) is 11.0 Å².